The molecule has 0 bridgehead atoms. The Balaban J connectivity index is 0.00000161. The minimum atomic E-state index is -0.393. The molecule has 2 aromatic rings. The Hall–Kier alpha value is -1.40. The summed E-state index contributed by atoms with van der Waals surface area (Å²) in [6.07, 6.45) is 4.75. The Morgan fingerprint density at radius 2 is 2.00 bits per heavy atom. The van der Waals surface area contributed by atoms with Crippen molar-refractivity contribution in [3.05, 3.63) is 17.7 Å². The lowest BCUT2D eigenvalue weighted by molar-refractivity contribution is 0.229. The molecule has 0 unspecified atom stereocenters. The molecule has 1 fully saturated rings. The monoisotopic (exact) mass is 311 g/mol. The van der Waals surface area contributed by atoms with Gasteiger partial charge < -0.3 is 10.3 Å². The average Bonchev–Trinajstić information content (AvgIpc) is 2.91. The lowest BCUT2D eigenvalue weighted by Crippen LogP contribution is -2.44. The summed E-state index contributed by atoms with van der Waals surface area (Å²) in [4.78, 5) is 4.47. The summed E-state index contributed by atoms with van der Waals surface area (Å²) in [7, 11) is 0. The first-order chi connectivity index (χ1) is 9.31. The molecule has 116 valence electrons. The van der Waals surface area contributed by atoms with Crippen molar-refractivity contribution in [1.82, 2.24) is 19.9 Å². The van der Waals surface area contributed by atoms with Gasteiger partial charge in [0.2, 0.25) is 0 Å². The van der Waals surface area contributed by atoms with Gasteiger partial charge in [0.05, 0.1) is 22.8 Å². The molecule has 0 amide bonds. The number of nitrogens with two attached hydrogens (primary N) is 1. The van der Waals surface area contributed by atoms with Gasteiger partial charge in [-0.15, -0.1) is 12.4 Å². The van der Waals surface area contributed by atoms with Gasteiger partial charge in [0, 0.05) is 5.69 Å². The highest BCUT2D eigenvalue weighted by Crippen LogP contribution is 2.38. The van der Waals surface area contributed by atoms with Crippen molar-refractivity contribution in [2.45, 2.75) is 58.0 Å². The van der Waals surface area contributed by atoms with Crippen LogP contribution in [0.4, 0.5) is 0 Å². The van der Waals surface area contributed by atoms with Gasteiger partial charge in [0.15, 0.2) is 5.82 Å². The van der Waals surface area contributed by atoms with Crippen LogP contribution >= 0.6 is 12.4 Å². The first-order valence-corrected chi connectivity index (χ1v) is 7.00. The van der Waals surface area contributed by atoms with Crippen LogP contribution < -0.4 is 5.73 Å². The summed E-state index contributed by atoms with van der Waals surface area (Å²) < 4.78 is 7.35. The van der Waals surface area contributed by atoms with E-state index in [9.17, 15) is 0 Å². The van der Waals surface area contributed by atoms with Gasteiger partial charge in [0.25, 0.3) is 5.89 Å². The molecule has 0 atom stereocenters. The van der Waals surface area contributed by atoms with Crippen molar-refractivity contribution >= 4 is 12.4 Å². The number of halogens is 1. The topological polar surface area (TPSA) is 82.8 Å². The van der Waals surface area contributed by atoms with E-state index in [-0.39, 0.29) is 17.9 Å². The van der Waals surface area contributed by atoms with E-state index in [1.54, 1.807) is 6.20 Å². The first-order valence-electron chi connectivity index (χ1n) is 7.00. The van der Waals surface area contributed by atoms with Crippen molar-refractivity contribution in [2.24, 2.45) is 5.73 Å². The van der Waals surface area contributed by atoms with E-state index in [4.69, 9.17) is 10.3 Å². The van der Waals surface area contributed by atoms with E-state index in [1.165, 1.54) is 0 Å². The van der Waals surface area contributed by atoms with E-state index in [1.807, 2.05) is 11.6 Å². The number of aromatic nitrogens is 4. The molecule has 6 nitrogen and oxygen atoms in total. The second-order valence-electron chi connectivity index (χ2n) is 6.66. The van der Waals surface area contributed by atoms with Crippen LogP contribution in [0.25, 0.3) is 11.5 Å². The molecule has 2 N–H and O–H groups in total. The summed E-state index contributed by atoms with van der Waals surface area (Å²) in [6, 6.07) is 0. The van der Waals surface area contributed by atoms with Crippen LogP contribution in [0.3, 0.4) is 0 Å². The van der Waals surface area contributed by atoms with Crippen LogP contribution in [-0.2, 0) is 11.1 Å². The summed E-state index contributed by atoms with van der Waals surface area (Å²) in [5.74, 6) is 1.12. The maximum absolute atomic E-state index is 6.22. The Kier molecular flexibility index (Phi) is 3.88. The molecular formula is C14H22ClN5O. The van der Waals surface area contributed by atoms with Crippen molar-refractivity contribution in [3.8, 4) is 11.5 Å². The highest BCUT2D eigenvalue weighted by molar-refractivity contribution is 5.85. The molecule has 21 heavy (non-hydrogen) atoms. The summed E-state index contributed by atoms with van der Waals surface area (Å²) in [6.45, 7) is 8.34. The largest absolute Gasteiger partial charge is 0.334 e. The molecule has 2 aromatic heterocycles. The van der Waals surface area contributed by atoms with Crippen LogP contribution in [0.1, 0.15) is 51.6 Å². The zero-order valence-corrected chi connectivity index (χ0v) is 13.7. The zero-order chi connectivity index (χ0) is 14.5. The molecule has 0 radical (unpaired) electrons. The van der Waals surface area contributed by atoms with Gasteiger partial charge in [-0.1, -0.05) is 5.16 Å². The summed E-state index contributed by atoms with van der Waals surface area (Å²) in [5, 5.41) is 8.48. The van der Waals surface area contributed by atoms with Crippen molar-refractivity contribution in [2.75, 3.05) is 0 Å². The van der Waals surface area contributed by atoms with Gasteiger partial charge in [-0.25, -0.2) is 0 Å². The molecule has 3 rings (SSSR count). The highest BCUT2D eigenvalue weighted by atomic mass is 35.5. The number of hydrogen-bond acceptors (Lipinski definition) is 5. The lowest BCUT2D eigenvalue weighted by atomic mass is 9.77. The summed E-state index contributed by atoms with van der Waals surface area (Å²) >= 11 is 0. The maximum atomic E-state index is 6.22. The predicted molar refractivity (Wildman–Crippen MR) is 82.2 cm³/mol. The molecule has 1 aliphatic rings. The van der Waals surface area contributed by atoms with Crippen LogP contribution in [0.5, 0.6) is 0 Å². The van der Waals surface area contributed by atoms with E-state index < -0.39 is 5.54 Å². The van der Waals surface area contributed by atoms with Crippen LogP contribution in [0, 0.1) is 6.92 Å². The second-order valence-corrected chi connectivity index (χ2v) is 6.66. The Morgan fingerprint density at radius 1 is 1.33 bits per heavy atom. The molecular weight excluding hydrogens is 290 g/mol. The minimum Gasteiger partial charge on any atom is -0.334 e. The van der Waals surface area contributed by atoms with Crippen LogP contribution in [-0.4, -0.2) is 19.9 Å². The Labute approximate surface area is 130 Å². The fourth-order valence-electron chi connectivity index (χ4n) is 2.61. The molecule has 7 heteroatoms. The minimum absolute atomic E-state index is 0. The molecule has 0 aromatic carbocycles. The Bertz CT molecular complexity index is 636. The molecule has 0 spiro atoms. The Morgan fingerprint density at radius 3 is 2.48 bits per heavy atom. The molecule has 1 saturated carbocycles. The van der Waals surface area contributed by atoms with Crippen molar-refractivity contribution in [3.63, 3.8) is 0 Å². The lowest BCUT2D eigenvalue weighted by Gasteiger charge is -2.34. The third kappa shape index (κ3) is 2.58. The van der Waals surface area contributed by atoms with E-state index in [0.717, 1.165) is 30.5 Å². The van der Waals surface area contributed by atoms with Gasteiger partial charge >= 0.3 is 0 Å². The summed E-state index contributed by atoms with van der Waals surface area (Å²) in [5.41, 5.74) is 7.65. The SMILES string of the molecule is Cc1c(-c2nc(C3(N)CCC3)no2)cnn1C(C)(C)C.Cl. The smallest absolute Gasteiger partial charge is 0.261 e. The van der Waals surface area contributed by atoms with Gasteiger partial charge in [-0.05, 0) is 47.0 Å². The normalized spacial score (nSPS) is 17.2. The zero-order valence-electron chi connectivity index (χ0n) is 12.9. The third-order valence-electron chi connectivity index (χ3n) is 3.99. The van der Waals surface area contributed by atoms with Crippen LogP contribution in [0.15, 0.2) is 10.7 Å². The fraction of sp³-hybridized carbons (Fsp3) is 0.643. The van der Waals surface area contributed by atoms with Crippen molar-refractivity contribution in [1.29, 1.82) is 0 Å². The third-order valence-corrected chi connectivity index (χ3v) is 3.99. The van der Waals surface area contributed by atoms with Crippen LogP contribution in [0.2, 0.25) is 0 Å². The van der Waals surface area contributed by atoms with E-state index in [0.29, 0.717) is 11.7 Å². The fourth-order valence-corrected chi connectivity index (χ4v) is 2.61. The maximum Gasteiger partial charge on any atom is 0.261 e. The van der Waals surface area contributed by atoms with Gasteiger partial charge in [-0.2, -0.15) is 10.1 Å². The second kappa shape index (κ2) is 5.10. The molecule has 2 heterocycles. The molecule has 0 aliphatic heterocycles. The quantitative estimate of drug-likeness (QED) is 0.922. The molecule has 0 saturated heterocycles. The van der Waals surface area contributed by atoms with Gasteiger partial charge in [0.1, 0.15) is 0 Å². The van der Waals surface area contributed by atoms with E-state index >= 15 is 0 Å². The number of nitrogens with zero attached hydrogens (tertiary/aromatic N) is 4. The molecule has 1 aliphatic carbocycles. The van der Waals surface area contributed by atoms with Gasteiger partial charge in [-0.3, -0.25) is 4.68 Å². The predicted octanol–water partition coefficient (Wildman–Crippen LogP) is 2.76. The highest BCUT2D eigenvalue weighted by Gasteiger charge is 2.39. The van der Waals surface area contributed by atoms with E-state index in [2.05, 4.69) is 36.0 Å². The first kappa shape index (κ1) is 16.0. The average molecular weight is 312 g/mol. The van der Waals surface area contributed by atoms with Crippen molar-refractivity contribution < 1.29 is 4.52 Å². The number of hydrogen-bond donors (Lipinski definition) is 1. The number of rotatable bonds is 2. The standard InChI is InChI=1S/C14H21N5O.ClH/c1-9-10(8-16-19(9)13(2,3)4)11-17-12(18-20-11)14(15)6-5-7-14;/h8H,5-7,15H2,1-4H3;1H.